The van der Waals surface area contributed by atoms with E-state index in [9.17, 15) is 4.79 Å². The van der Waals surface area contributed by atoms with Crippen LogP contribution in [-0.2, 0) is 0 Å². The van der Waals surface area contributed by atoms with Gasteiger partial charge in [-0.2, -0.15) is 0 Å². The average molecular weight is 402 g/mol. The van der Waals surface area contributed by atoms with Gasteiger partial charge in [0.05, 0.1) is 24.8 Å². The van der Waals surface area contributed by atoms with E-state index in [4.69, 9.17) is 21.1 Å². The van der Waals surface area contributed by atoms with Gasteiger partial charge in [0.2, 0.25) is 0 Å². The molecule has 0 bridgehead atoms. The lowest BCUT2D eigenvalue weighted by Gasteiger charge is -2.19. The van der Waals surface area contributed by atoms with Gasteiger partial charge >= 0.3 is 0 Å². The van der Waals surface area contributed by atoms with E-state index >= 15 is 0 Å². The Balaban J connectivity index is 1.91. The Labute approximate surface area is 167 Å². The third kappa shape index (κ3) is 4.43. The summed E-state index contributed by atoms with van der Waals surface area (Å²) in [5.41, 5.74) is 1.43. The van der Waals surface area contributed by atoms with Crippen molar-refractivity contribution in [2.24, 2.45) is 0 Å². The highest BCUT2D eigenvalue weighted by Crippen LogP contribution is 2.36. The number of benzene rings is 2. The molecule has 1 atom stereocenters. The molecular weight excluding hydrogens is 382 g/mol. The van der Waals surface area contributed by atoms with Crippen LogP contribution in [0.25, 0.3) is 0 Å². The van der Waals surface area contributed by atoms with Crippen LogP contribution < -0.4 is 14.8 Å². The minimum absolute atomic E-state index is 0.236. The molecule has 2 aromatic carbocycles. The van der Waals surface area contributed by atoms with E-state index in [0.717, 1.165) is 10.4 Å². The van der Waals surface area contributed by atoms with Crippen molar-refractivity contribution in [2.75, 3.05) is 13.7 Å². The number of methoxy groups -OCH3 is 1. The van der Waals surface area contributed by atoms with E-state index in [-0.39, 0.29) is 11.9 Å². The summed E-state index contributed by atoms with van der Waals surface area (Å²) in [4.78, 5) is 14.0. The van der Waals surface area contributed by atoms with E-state index in [1.807, 2.05) is 54.8 Å². The van der Waals surface area contributed by atoms with Gasteiger partial charge in [0.1, 0.15) is 0 Å². The van der Waals surface area contributed by atoms with E-state index in [2.05, 4.69) is 5.32 Å². The zero-order chi connectivity index (χ0) is 19.2. The molecule has 0 saturated heterocycles. The number of hydrogen-bond donors (Lipinski definition) is 1. The van der Waals surface area contributed by atoms with Crippen LogP contribution in [0.4, 0.5) is 0 Å². The van der Waals surface area contributed by atoms with Crippen molar-refractivity contribution >= 4 is 28.8 Å². The molecule has 1 unspecified atom stereocenters. The largest absolute Gasteiger partial charge is 0.493 e. The first-order chi connectivity index (χ1) is 13.1. The summed E-state index contributed by atoms with van der Waals surface area (Å²) in [6.45, 7) is 2.32. The van der Waals surface area contributed by atoms with Crippen LogP contribution in [0.1, 0.15) is 33.8 Å². The highest BCUT2D eigenvalue weighted by atomic mass is 35.5. The monoisotopic (exact) mass is 401 g/mol. The second-order valence-corrected chi connectivity index (χ2v) is 7.14. The summed E-state index contributed by atoms with van der Waals surface area (Å²) in [7, 11) is 1.52. The third-order valence-corrected chi connectivity index (χ3v) is 5.23. The van der Waals surface area contributed by atoms with Crippen LogP contribution in [0.3, 0.4) is 0 Å². The number of halogens is 1. The summed E-state index contributed by atoms with van der Waals surface area (Å²) in [5, 5.41) is 5.43. The highest BCUT2D eigenvalue weighted by Gasteiger charge is 2.21. The number of ether oxygens (including phenoxy) is 2. The molecular formula is C21H20ClNO3S. The number of thiophene rings is 1. The van der Waals surface area contributed by atoms with Gasteiger partial charge in [-0.25, -0.2) is 0 Å². The Kier molecular flexibility index (Phi) is 6.37. The topological polar surface area (TPSA) is 47.6 Å². The standard InChI is InChI=1S/C21H20ClNO3S/c1-3-26-20-16(22)12-15(13-17(20)25-2)21(24)23-19(18-10-7-11-27-18)14-8-5-4-6-9-14/h4-13,19H,3H2,1-2H3,(H,23,24). The summed E-state index contributed by atoms with van der Waals surface area (Å²) in [6.07, 6.45) is 0. The minimum Gasteiger partial charge on any atom is -0.493 e. The number of amides is 1. The molecule has 27 heavy (non-hydrogen) atoms. The second kappa shape index (κ2) is 8.93. The fourth-order valence-corrected chi connectivity index (χ4v) is 3.84. The first-order valence-electron chi connectivity index (χ1n) is 8.53. The number of hydrogen-bond acceptors (Lipinski definition) is 4. The maximum Gasteiger partial charge on any atom is 0.252 e. The molecule has 0 spiro atoms. The Bertz CT molecular complexity index is 897. The predicted octanol–water partition coefficient (Wildman–Crippen LogP) is 5.33. The predicted molar refractivity (Wildman–Crippen MR) is 109 cm³/mol. The van der Waals surface area contributed by atoms with Gasteiger partial charge < -0.3 is 14.8 Å². The SMILES string of the molecule is CCOc1c(Cl)cc(C(=O)NC(c2ccccc2)c2cccs2)cc1OC. The fraction of sp³-hybridized carbons (Fsp3) is 0.190. The molecule has 140 valence electrons. The third-order valence-electron chi connectivity index (χ3n) is 4.02. The van der Waals surface area contributed by atoms with Crippen molar-refractivity contribution in [3.05, 3.63) is 81.0 Å². The van der Waals surface area contributed by atoms with E-state index < -0.39 is 0 Å². The Morgan fingerprint density at radius 2 is 1.96 bits per heavy atom. The maximum atomic E-state index is 13.0. The van der Waals surface area contributed by atoms with Crippen molar-refractivity contribution in [1.82, 2.24) is 5.32 Å². The molecule has 0 aliphatic carbocycles. The summed E-state index contributed by atoms with van der Waals surface area (Å²) in [5.74, 6) is 0.637. The average Bonchev–Trinajstić information content (AvgIpc) is 3.22. The second-order valence-electron chi connectivity index (χ2n) is 5.76. The van der Waals surface area contributed by atoms with Crippen LogP contribution in [-0.4, -0.2) is 19.6 Å². The first-order valence-corrected chi connectivity index (χ1v) is 9.79. The molecule has 3 rings (SSSR count). The summed E-state index contributed by atoms with van der Waals surface area (Å²) >= 11 is 7.90. The molecule has 1 amide bonds. The van der Waals surface area contributed by atoms with E-state index in [1.54, 1.807) is 23.5 Å². The zero-order valence-corrected chi connectivity index (χ0v) is 16.6. The molecule has 3 aromatic rings. The number of rotatable bonds is 7. The highest BCUT2D eigenvalue weighted by molar-refractivity contribution is 7.10. The molecule has 1 heterocycles. The normalized spacial score (nSPS) is 11.7. The number of carbonyl (C=O) groups is 1. The van der Waals surface area contributed by atoms with Crippen molar-refractivity contribution in [1.29, 1.82) is 0 Å². The minimum atomic E-state index is -0.241. The Morgan fingerprint density at radius 1 is 1.19 bits per heavy atom. The van der Waals surface area contributed by atoms with Gasteiger partial charge in [-0.3, -0.25) is 4.79 Å². The summed E-state index contributed by atoms with van der Waals surface area (Å²) < 4.78 is 10.9. The molecule has 1 aromatic heterocycles. The number of carbonyl (C=O) groups excluding carboxylic acids is 1. The lowest BCUT2D eigenvalue weighted by Crippen LogP contribution is -2.28. The molecule has 0 aliphatic rings. The lowest BCUT2D eigenvalue weighted by molar-refractivity contribution is 0.0943. The van der Waals surface area contributed by atoms with Crippen LogP contribution >= 0.6 is 22.9 Å². The lowest BCUT2D eigenvalue weighted by atomic mass is 10.0. The van der Waals surface area contributed by atoms with Crippen LogP contribution in [0.5, 0.6) is 11.5 Å². The van der Waals surface area contributed by atoms with Gasteiger partial charge in [-0.15, -0.1) is 11.3 Å². The molecule has 6 heteroatoms. The van der Waals surface area contributed by atoms with Crippen LogP contribution in [0.2, 0.25) is 5.02 Å². The first kappa shape index (κ1) is 19.3. The van der Waals surface area contributed by atoms with Crippen LogP contribution in [0, 0.1) is 0 Å². The molecule has 0 aliphatic heterocycles. The maximum absolute atomic E-state index is 13.0. The summed E-state index contributed by atoms with van der Waals surface area (Å²) in [6, 6.07) is 16.8. The van der Waals surface area contributed by atoms with Crippen molar-refractivity contribution in [2.45, 2.75) is 13.0 Å². The van der Waals surface area contributed by atoms with E-state index in [1.165, 1.54) is 7.11 Å². The van der Waals surface area contributed by atoms with Crippen molar-refractivity contribution in [3.63, 3.8) is 0 Å². The molecule has 0 fully saturated rings. The smallest absolute Gasteiger partial charge is 0.252 e. The fourth-order valence-electron chi connectivity index (χ4n) is 2.77. The van der Waals surface area contributed by atoms with Gasteiger partial charge in [-0.1, -0.05) is 48.0 Å². The van der Waals surface area contributed by atoms with Gasteiger partial charge in [0.25, 0.3) is 5.91 Å². The van der Waals surface area contributed by atoms with Crippen molar-refractivity contribution < 1.29 is 14.3 Å². The Morgan fingerprint density at radius 3 is 2.59 bits per heavy atom. The quantitative estimate of drug-likeness (QED) is 0.582. The van der Waals surface area contributed by atoms with Gasteiger partial charge in [0.15, 0.2) is 11.5 Å². The molecule has 4 nitrogen and oxygen atoms in total. The van der Waals surface area contributed by atoms with Crippen LogP contribution in [0.15, 0.2) is 60.0 Å². The molecule has 0 saturated carbocycles. The van der Waals surface area contributed by atoms with E-state index in [0.29, 0.717) is 28.7 Å². The van der Waals surface area contributed by atoms with Crippen molar-refractivity contribution in [3.8, 4) is 11.5 Å². The van der Waals surface area contributed by atoms with Gasteiger partial charge in [0, 0.05) is 10.4 Å². The zero-order valence-electron chi connectivity index (χ0n) is 15.1. The molecule has 0 radical (unpaired) electrons. The Hall–Kier alpha value is -2.50. The molecule has 1 N–H and O–H groups in total. The number of nitrogens with one attached hydrogen (secondary N) is 1. The van der Waals surface area contributed by atoms with Gasteiger partial charge in [-0.05, 0) is 36.1 Å².